The molecular formula is C18H20F2N4O3. The van der Waals surface area contributed by atoms with E-state index in [4.69, 9.17) is 0 Å². The molecule has 2 atom stereocenters. The van der Waals surface area contributed by atoms with E-state index in [2.05, 4.69) is 10.3 Å². The van der Waals surface area contributed by atoms with Crippen LogP contribution in [0.5, 0.6) is 0 Å². The van der Waals surface area contributed by atoms with E-state index in [1.807, 2.05) is 0 Å². The molecule has 1 aliphatic carbocycles. The summed E-state index contributed by atoms with van der Waals surface area (Å²) >= 11 is 0. The van der Waals surface area contributed by atoms with Crippen LogP contribution in [0.2, 0.25) is 0 Å². The van der Waals surface area contributed by atoms with Crippen molar-refractivity contribution in [3.8, 4) is 0 Å². The van der Waals surface area contributed by atoms with Crippen LogP contribution in [0.3, 0.4) is 0 Å². The fraction of sp³-hybridized carbons (Fsp3) is 0.500. The summed E-state index contributed by atoms with van der Waals surface area (Å²) in [6.45, 7) is 0.822. The largest absolute Gasteiger partial charge is 0.477 e. The number of nitrogens with one attached hydrogen (secondary N) is 1. The number of fused-ring (bicyclic) bond motifs is 1. The van der Waals surface area contributed by atoms with Gasteiger partial charge in [0.1, 0.15) is 17.4 Å². The number of aromatic carboxylic acids is 1. The molecule has 2 fully saturated rings. The molecule has 7 nitrogen and oxygen atoms in total. The average molecular weight is 378 g/mol. The average Bonchev–Trinajstić information content (AvgIpc) is 3.39. The lowest BCUT2D eigenvalue weighted by molar-refractivity contribution is 0.0695. The highest BCUT2D eigenvalue weighted by Crippen LogP contribution is 2.37. The molecule has 0 aromatic carbocycles. The minimum atomic E-state index is -1.35. The predicted octanol–water partition coefficient (Wildman–Crippen LogP) is 1.56. The van der Waals surface area contributed by atoms with Gasteiger partial charge in [-0.15, -0.1) is 0 Å². The Bertz CT molecular complexity index is 973. The quantitative estimate of drug-likeness (QED) is 0.821. The van der Waals surface area contributed by atoms with Crippen LogP contribution in [-0.2, 0) is 0 Å². The van der Waals surface area contributed by atoms with E-state index in [9.17, 15) is 23.5 Å². The number of carbonyl (C=O) groups is 1. The Hall–Kier alpha value is -2.55. The molecule has 144 valence electrons. The standard InChI is InChI=1S/C18H20F2N4O3/c1-21-5-9-6-23(8-14(9)20)17-13(19)4-11-15(25)12(18(26)27)7-24(10-2-3-10)16(11)22-17/h4,7,9-10,14,21H,2-3,5-6,8H2,1H3,(H,26,27)/t9-,14+/m0/s1. The van der Waals surface area contributed by atoms with Crippen molar-refractivity contribution < 1.29 is 18.7 Å². The van der Waals surface area contributed by atoms with E-state index in [0.29, 0.717) is 13.1 Å². The normalized spacial score (nSPS) is 22.6. The van der Waals surface area contributed by atoms with Crippen LogP contribution in [0, 0.1) is 11.7 Å². The Morgan fingerprint density at radius 1 is 1.41 bits per heavy atom. The van der Waals surface area contributed by atoms with Gasteiger partial charge in [0.2, 0.25) is 5.43 Å². The Balaban J connectivity index is 1.84. The number of carboxylic acids is 1. The van der Waals surface area contributed by atoms with Gasteiger partial charge in [0, 0.05) is 31.2 Å². The molecule has 1 saturated carbocycles. The topological polar surface area (TPSA) is 87.5 Å². The molecule has 3 heterocycles. The molecule has 1 aliphatic heterocycles. The number of alkyl halides is 1. The van der Waals surface area contributed by atoms with Crippen molar-refractivity contribution in [3.05, 3.63) is 33.9 Å². The van der Waals surface area contributed by atoms with Crippen LogP contribution in [-0.4, -0.2) is 53.5 Å². The van der Waals surface area contributed by atoms with Crippen molar-refractivity contribution in [2.75, 3.05) is 31.6 Å². The fourth-order valence-electron chi connectivity index (χ4n) is 3.70. The second-order valence-corrected chi connectivity index (χ2v) is 7.22. The molecule has 0 radical (unpaired) electrons. The van der Waals surface area contributed by atoms with Crippen molar-refractivity contribution in [2.24, 2.45) is 5.92 Å². The van der Waals surface area contributed by atoms with Gasteiger partial charge in [-0.25, -0.2) is 18.6 Å². The number of hydrogen-bond acceptors (Lipinski definition) is 5. The summed E-state index contributed by atoms with van der Waals surface area (Å²) in [5.74, 6) is -2.37. The monoisotopic (exact) mass is 378 g/mol. The first kappa shape index (κ1) is 17.8. The van der Waals surface area contributed by atoms with Crippen molar-refractivity contribution in [1.82, 2.24) is 14.9 Å². The van der Waals surface area contributed by atoms with E-state index >= 15 is 0 Å². The molecule has 2 N–H and O–H groups in total. The molecule has 2 aliphatic rings. The van der Waals surface area contributed by atoms with Crippen LogP contribution >= 0.6 is 0 Å². The molecule has 0 amide bonds. The van der Waals surface area contributed by atoms with Gasteiger partial charge in [-0.1, -0.05) is 0 Å². The highest BCUT2D eigenvalue weighted by molar-refractivity contribution is 5.92. The molecule has 2 aromatic heterocycles. The number of nitrogens with zero attached hydrogens (tertiary/aromatic N) is 3. The number of carboxylic acid groups (broad SMARTS) is 1. The third-order valence-electron chi connectivity index (χ3n) is 5.24. The fourth-order valence-corrected chi connectivity index (χ4v) is 3.70. The number of hydrogen-bond donors (Lipinski definition) is 2. The Kier molecular flexibility index (Phi) is 4.33. The molecule has 2 aromatic rings. The number of aromatic nitrogens is 2. The summed E-state index contributed by atoms with van der Waals surface area (Å²) in [6.07, 6.45) is 1.86. The zero-order chi connectivity index (χ0) is 19.3. The summed E-state index contributed by atoms with van der Waals surface area (Å²) in [5.41, 5.74) is -0.913. The number of pyridine rings is 2. The summed E-state index contributed by atoms with van der Waals surface area (Å²) in [7, 11) is 1.73. The van der Waals surface area contributed by atoms with Crippen LogP contribution in [0.25, 0.3) is 11.0 Å². The lowest BCUT2D eigenvalue weighted by Gasteiger charge is -2.19. The van der Waals surface area contributed by atoms with Gasteiger partial charge < -0.3 is 19.9 Å². The third kappa shape index (κ3) is 3.05. The first-order valence-electron chi connectivity index (χ1n) is 8.93. The smallest absolute Gasteiger partial charge is 0.341 e. The Labute approximate surface area is 153 Å². The van der Waals surface area contributed by atoms with Crippen molar-refractivity contribution >= 4 is 22.8 Å². The lowest BCUT2D eigenvalue weighted by Crippen LogP contribution is -2.27. The lowest BCUT2D eigenvalue weighted by atomic mass is 10.1. The maximum Gasteiger partial charge on any atom is 0.341 e. The predicted molar refractivity (Wildman–Crippen MR) is 95.7 cm³/mol. The summed E-state index contributed by atoms with van der Waals surface area (Å²) in [4.78, 5) is 29.7. The summed E-state index contributed by atoms with van der Waals surface area (Å²) in [6, 6.07) is 1.07. The van der Waals surface area contributed by atoms with Gasteiger partial charge in [-0.2, -0.15) is 0 Å². The second kappa shape index (κ2) is 6.56. The van der Waals surface area contributed by atoms with E-state index < -0.39 is 29.0 Å². The van der Waals surface area contributed by atoms with E-state index in [0.717, 1.165) is 18.9 Å². The van der Waals surface area contributed by atoms with E-state index in [1.165, 1.54) is 6.20 Å². The third-order valence-corrected chi connectivity index (χ3v) is 5.24. The molecule has 27 heavy (non-hydrogen) atoms. The highest BCUT2D eigenvalue weighted by atomic mass is 19.1. The first-order chi connectivity index (χ1) is 12.9. The minimum Gasteiger partial charge on any atom is -0.477 e. The van der Waals surface area contributed by atoms with Crippen LogP contribution < -0.4 is 15.6 Å². The molecule has 4 rings (SSSR count). The van der Waals surface area contributed by atoms with Gasteiger partial charge in [0.15, 0.2) is 11.6 Å². The van der Waals surface area contributed by atoms with Gasteiger partial charge >= 0.3 is 5.97 Å². The summed E-state index contributed by atoms with van der Waals surface area (Å²) in [5, 5.41) is 12.1. The zero-order valence-electron chi connectivity index (χ0n) is 14.8. The number of anilines is 1. The molecule has 0 bridgehead atoms. The Morgan fingerprint density at radius 3 is 2.78 bits per heavy atom. The first-order valence-corrected chi connectivity index (χ1v) is 8.93. The zero-order valence-corrected chi connectivity index (χ0v) is 14.8. The SMILES string of the molecule is CNC[C@H]1CN(c2nc3c(cc2F)c(=O)c(C(=O)O)cn3C2CC2)C[C@H]1F. The molecule has 0 spiro atoms. The summed E-state index contributed by atoms with van der Waals surface area (Å²) < 4.78 is 30.6. The van der Waals surface area contributed by atoms with Crippen molar-refractivity contribution in [3.63, 3.8) is 0 Å². The number of halogens is 2. The maximum absolute atomic E-state index is 14.7. The van der Waals surface area contributed by atoms with Crippen LogP contribution in [0.15, 0.2) is 17.1 Å². The maximum atomic E-state index is 14.7. The van der Waals surface area contributed by atoms with Gasteiger partial charge in [0.05, 0.1) is 11.9 Å². The molecule has 9 heteroatoms. The van der Waals surface area contributed by atoms with Gasteiger partial charge in [-0.3, -0.25) is 4.79 Å². The Morgan fingerprint density at radius 2 is 2.15 bits per heavy atom. The molecular weight excluding hydrogens is 358 g/mol. The molecule has 0 unspecified atom stereocenters. The van der Waals surface area contributed by atoms with Crippen molar-refractivity contribution in [1.29, 1.82) is 0 Å². The van der Waals surface area contributed by atoms with E-state index in [1.54, 1.807) is 16.5 Å². The van der Waals surface area contributed by atoms with Gasteiger partial charge in [-0.05, 0) is 26.0 Å². The van der Waals surface area contributed by atoms with Crippen LogP contribution in [0.4, 0.5) is 14.6 Å². The van der Waals surface area contributed by atoms with Gasteiger partial charge in [0.25, 0.3) is 0 Å². The number of rotatable bonds is 5. The van der Waals surface area contributed by atoms with Crippen LogP contribution in [0.1, 0.15) is 29.2 Å². The minimum absolute atomic E-state index is 0.000582. The highest BCUT2D eigenvalue weighted by Gasteiger charge is 2.35. The van der Waals surface area contributed by atoms with Crippen molar-refractivity contribution in [2.45, 2.75) is 25.1 Å². The molecule has 1 saturated heterocycles. The second-order valence-electron chi connectivity index (χ2n) is 7.22. The van der Waals surface area contributed by atoms with E-state index in [-0.39, 0.29) is 35.4 Å².